The number of rotatable bonds is 6. The van der Waals surface area contributed by atoms with Gasteiger partial charge >= 0.3 is 0 Å². The number of aliphatic hydroxyl groups is 1. The quantitative estimate of drug-likeness (QED) is 0.800. The summed E-state index contributed by atoms with van der Waals surface area (Å²) >= 11 is 11.9. The van der Waals surface area contributed by atoms with Gasteiger partial charge in [0.1, 0.15) is 0 Å². The highest BCUT2D eigenvalue weighted by Crippen LogP contribution is 2.25. The van der Waals surface area contributed by atoms with Gasteiger partial charge in [-0.25, -0.2) is 0 Å². The van der Waals surface area contributed by atoms with E-state index in [1.54, 1.807) is 35.3 Å². The van der Waals surface area contributed by atoms with Gasteiger partial charge in [-0.05, 0) is 18.2 Å². The van der Waals surface area contributed by atoms with E-state index in [0.717, 1.165) is 0 Å². The number of nitrogens with one attached hydrogen (secondary N) is 1. The van der Waals surface area contributed by atoms with Crippen molar-refractivity contribution >= 4 is 23.2 Å². The lowest BCUT2D eigenvalue weighted by Crippen LogP contribution is -2.25. The molecule has 19 heavy (non-hydrogen) atoms. The summed E-state index contributed by atoms with van der Waals surface area (Å²) in [6.07, 6.45) is 2.72. The molecular formula is C12H14Cl2N4O. The van der Waals surface area contributed by atoms with Gasteiger partial charge in [0.25, 0.3) is 0 Å². The molecule has 0 fully saturated rings. The predicted molar refractivity (Wildman–Crippen MR) is 74.3 cm³/mol. The molecule has 2 aromatic rings. The summed E-state index contributed by atoms with van der Waals surface area (Å²) in [5.74, 6) is 0. The smallest absolute Gasteiger partial charge is 0.0929 e. The monoisotopic (exact) mass is 300 g/mol. The maximum absolute atomic E-state index is 10.0. The fourth-order valence-corrected chi connectivity index (χ4v) is 2.09. The van der Waals surface area contributed by atoms with Gasteiger partial charge in [-0.15, -0.1) is 5.10 Å². The average molecular weight is 301 g/mol. The van der Waals surface area contributed by atoms with Gasteiger partial charge in [-0.2, -0.15) is 0 Å². The van der Waals surface area contributed by atoms with Crippen LogP contribution in [0.1, 0.15) is 11.7 Å². The van der Waals surface area contributed by atoms with Gasteiger partial charge in [0.05, 0.1) is 18.8 Å². The van der Waals surface area contributed by atoms with Crippen molar-refractivity contribution in [2.75, 3.05) is 13.1 Å². The van der Waals surface area contributed by atoms with Gasteiger partial charge < -0.3 is 10.4 Å². The molecule has 2 N–H and O–H groups in total. The summed E-state index contributed by atoms with van der Waals surface area (Å²) in [4.78, 5) is 0. The normalized spacial score (nSPS) is 12.6. The molecule has 1 heterocycles. The van der Waals surface area contributed by atoms with Crippen LogP contribution in [-0.4, -0.2) is 33.2 Å². The third-order valence-corrected chi connectivity index (χ3v) is 3.22. The van der Waals surface area contributed by atoms with E-state index in [0.29, 0.717) is 35.2 Å². The molecule has 0 radical (unpaired) electrons. The molecule has 102 valence electrons. The number of hydrogen-bond acceptors (Lipinski definition) is 4. The lowest BCUT2D eigenvalue weighted by Gasteiger charge is -2.14. The Balaban J connectivity index is 1.80. The van der Waals surface area contributed by atoms with Gasteiger partial charge in [-0.1, -0.05) is 28.4 Å². The first-order valence-corrected chi connectivity index (χ1v) is 6.60. The summed E-state index contributed by atoms with van der Waals surface area (Å²) in [5, 5.41) is 21.8. The van der Waals surface area contributed by atoms with Crippen LogP contribution in [0.25, 0.3) is 0 Å². The number of benzene rings is 1. The summed E-state index contributed by atoms with van der Waals surface area (Å²) in [7, 11) is 0. The Labute approximate surface area is 121 Å². The average Bonchev–Trinajstić information content (AvgIpc) is 2.90. The van der Waals surface area contributed by atoms with Crippen LogP contribution in [0.5, 0.6) is 0 Å². The minimum Gasteiger partial charge on any atom is -0.387 e. The number of halogens is 2. The highest BCUT2D eigenvalue weighted by molar-refractivity contribution is 6.33. The van der Waals surface area contributed by atoms with Crippen LogP contribution in [0.15, 0.2) is 30.6 Å². The van der Waals surface area contributed by atoms with Crippen LogP contribution in [0.4, 0.5) is 0 Å². The molecule has 0 bridgehead atoms. The van der Waals surface area contributed by atoms with E-state index in [2.05, 4.69) is 15.6 Å². The molecule has 2 rings (SSSR count). The second-order valence-corrected chi connectivity index (χ2v) is 4.90. The first kappa shape index (κ1) is 14.3. The molecule has 0 aliphatic carbocycles. The Morgan fingerprint density at radius 1 is 1.37 bits per heavy atom. The Hall–Kier alpha value is -1.14. The highest BCUT2D eigenvalue weighted by Gasteiger charge is 2.11. The SMILES string of the molecule is OC(CNCCn1ccnn1)c1cc(Cl)ccc1Cl. The van der Waals surface area contributed by atoms with Crippen LogP contribution >= 0.6 is 23.2 Å². The zero-order valence-corrected chi connectivity index (χ0v) is 11.6. The maximum atomic E-state index is 10.0. The van der Waals surface area contributed by atoms with Gasteiger partial charge in [-0.3, -0.25) is 4.68 Å². The van der Waals surface area contributed by atoms with Gasteiger partial charge in [0.15, 0.2) is 0 Å². The van der Waals surface area contributed by atoms with E-state index in [1.807, 2.05) is 0 Å². The minimum atomic E-state index is -0.693. The summed E-state index contributed by atoms with van der Waals surface area (Å²) in [6, 6.07) is 5.05. The molecule has 0 saturated carbocycles. The largest absolute Gasteiger partial charge is 0.387 e. The van der Waals surface area contributed by atoms with E-state index in [9.17, 15) is 5.11 Å². The first-order chi connectivity index (χ1) is 9.16. The van der Waals surface area contributed by atoms with E-state index >= 15 is 0 Å². The third-order valence-electron chi connectivity index (χ3n) is 2.64. The molecule has 0 amide bonds. The minimum absolute atomic E-state index is 0.398. The van der Waals surface area contributed by atoms with Crippen LogP contribution in [-0.2, 0) is 6.54 Å². The van der Waals surface area contributed by atoms with Crippen molar-refractivity contribution in [2.45, 2.75) is 12.6 Å². The van der Waals surface area contributed by atoms with E-state index in [4.69, 9.17) is 23.2 Å². The first-order valence-electron chi connectivity index (χ1n) is 5.84. The number of nitrogens with zero attached hydrogens (tertiary/aromatic N) is 3. The third kappa shape index (κ3) is 4.18. The van der Waals surface area contributed by atoms with Crippen LogP contribution in [0, 0.1) is 0 Å². The summed E-state index contributed by atoms with van der Waals surface area (Å²) in [6.45, 7) is 1.77. The predicted octanol–water partition coefficient (Wildman–Crippen LogP) is 1.91. The van der Waals surface area contributed by atoms with Crippen molar-refractivity contribution in [1.29, 1.82) is 0 Å². The molecule has 5 nitrogen and oxygen atoms in total. The van der Waals surface area contributed by atoms with Gasteiger partial charge in [0, 0.05) is 34.9 Å². The van der Waals surface area contributed by atoms with Crippen molar-refractivity contribution in [3.05, 3.63) is 46.2 Å². The molecular weight excluding hydrogens is 287 g/mol. The lowest BCUT2D eigenvalue weighted by atomic mass is 10.1. The van der Waals surface area contributed by atoms with Crippen LogP contribution < -0.4 is 5.32 Å². The Bertz CT molecular complexity index is 518. The van der Waals surface area contributed by atoms with Gasteiger partial charge in [0.2, 0.25) is 0 Å². The molecule has 1 atom stereocenters. The van der Waals surface area contributed by atoms with Crippen molar-refractivity contribution in [2.24, 2.45) is 0 Å². The van der Waals surface area contributed by atoms with Crippen molar-refractivity contribution in [1.82, 2.24) is 20.3 Å². The maximum Gasteiger partial charge on any atom is 0.0929 e. The second kappa shape index (κ2) is 6.86. The highest BCUT2D eigenvalue weighted by atomic mass is 35.5. The Kier molecular flexibility index (Phi) is 5.15. The molecule has 0 aliphatic rings. The Morgan fingerprint density at radius 2 is 2.21 bits per heavy atom. The van der Waals surface area contributed by atoms with Crippen molar-refractivity contribution in [3.8, 4) is 0 Å². The van der Waals surface area contributed by atoms with E-state index in [-0.39, 0.29) is 0 Å². The molecule has 0 aliphatic heterocycles. The number of aliphatic hydroxyl groups excluding tert-OH is 1. The van der Waals surface area contributed by atoms with Crippen molar-refractivity contribution in [3.63, 3.8) is 0 Å². The molecule has 0 saturated heterocycles. The van der Waals surface area contributed by atoms with E-state index < -0.39 is 6.10 Å². The molecule has 0 spiro atoms. The van der Waals surface area contributed by atoms with Crippen LogP contribution in [0.2, 0.25) is 10.0 Å². The molecule has 1 aromatic heterocycles. The Morgan fingerprint density at radius 3 is 2.95 bits per heavy atom. The fraction of sp³-hybridized carbons (Fsp3) is 0.333. The zero-order valence-electron chi connectivity index (χ0n) is 10.1. The number of hydrogen-bond donors (Lipinski definition) is 2. The topological polar surface area (TPSA) is 63.0 Å². The summed E-state index contributed by atoms with van der Waals surface area (Å²) < 4.78 is 1.71. The molecule has 1 unspecified atom stereocenters. The molecule has 7 heteroatoms. The van der Waals surface area contributed by atoms with E-state index in [1.165, 1.54) is 0 Å². The lowest BCUT2D eigenvalue weighted by molar-refractivity contribution is 0.174. The molecule has 1 aromatic carbocycles. The fourth-order valence-electron chi connectivity index (χ4n) is 1.66. The summed E-state index contributed by atoms with van der Waals surface area (Å²) in [5.41, 5.74) is 0.627. The number of aromatic nitrogens is 3. The van der Waals surface area contributed by atoms with Crippen molar-refractivity contribution < 1.29 is 5.11 Å². The second-order valence-electron chi connectivity index (χ2n) is 4.05. The standard InChI is InChI=1S/C12H14Cl2N4O/c13-9-1-2-11(14)10(7-9)12(19)8-15-3-5-18-6-4-16-17-18/h1-2,4,6-7,12,15,19H,3,5,8H2. The zero-order chi connectivity index (χ0) is 13.7. The van der Waals surface area contributed by atoms with Crippen LogP contribution in [0.3, 0.4) is 0 Å².